The van der Waals surface area contributed by atoms with Gasteiger partial charge in [-0.3, -0.25) is 4.79 Å². The van der Waals surface area contributed by atoms with Crippen LogP contribution >= 0.6 is 0 Å². The Balaban J connectivity index is 1.50. The summed E-state index contributed by atoms with van der Waals surface area (Å²) in [6, 6.07) is 9.80. The van der Waals surface area contributed by atoms with Gasteiger partial charge in [0, 0.05) is 12.0 Å². The molecule has 5 heteroatoms. The first kappa shape index (κ1) is 15.6. The maximum absolute atomic E-state index is 12.0. The van der Waals surface area contributed by atoms with E-state index >= 15 is 0 Å². The number of piperidine rings is 1. The fourth-order valence-electron chi connectivity index (χ4n) is 2.86. The summed E-state index contributed by atoms with van der Waals surface area (Å²) in [6.07, 6.45) is 7.18. The van der Waals surface area contributed by atoms with Crippen LogP contribution in [0.3, 0.4) is 0 Å². The number of hydrogen-bond acceptors (Lipinski definition) is 4. The lowest BCUT2D eigenvalue weighted by molar-refractivity contribution is -0.116. The highest BCUT2D eigenvalue weighted by atomic mass is 16.1. The Bertz CT molecular complexity index is 621. The molecule has 1 amide bonds. The highest BCUT2D eigenvalue weighted by molar-refractivity contribution is 5.90. The van der Waals surface area contributed by atoms with Gasteiger partial charge in [-0.1, -0.05) is 30.3 Å². The highest BCUT2D eigenvalue weighted by Crippen LogP contribution is 2.19. The van der Waals surface area contributed by atoms with Crippen LogP contribution in [0.4, 0.5) is 5.69 Å². The number of nitrogens with one attached hydrogen (secondary N) is 2. The summed E-state index contributed by atoms with van der Waals surface area (Å²) >= 11 is 0. The van der Waals surface area contributed by atoms with Gasteiger partial charge >= 0.3 is 0 Å². The first-order valence-corrected chi connectivity index (χ1v) is 8.19. The number of carbonyl (C=O) groups is 1. The zero-order valence-corrected chi connectivity index (χ0v) is 13.2. The molecule has 1 aliphatic heterocycles. The summed E-state index contributed by atoms with van der Waals surface area (Å²) in [4.78, 5) is 20.7. The average Bonchev–Trinajstić information content (AvgIpc) is 2.62. The molecule has 0 unspecified atom stereocenters. The second kappa shape index (κ2) is 7.83. The van der Waals surface area contributed by atoms with Gasteiger partial charge in [-0.25, -0.2) is 9.97 Å². The lowest BCUT2D eigenvalue weighted by Gasteiger charge is -2.22. The quantitative estimate of drug-likeness (QED) is 0.891. The number of hydrogen-bond donors (Lipinski definition) is 2. The molecule has 1 aromatic carbocycles. The van der Waals surface area contributed by atoms with Gasteiger partial charge < -0.3 is 10.6 Å². The third-order valence-electron chi connectivity index (χ3n) is 4.21. The molecule has 23 heavy (non-hydrogen) atoms. The van der Waals surface area contributed by atoms with Crippen LogP contribution in [0.2, 0.25) is 0 Å². The van der Waals surface area contributed by atoms with Crippen LogP contribution in [0.25, 0.3) is 11.4 Å². The second-order valence-corrected chi connectivity index (χ2v) is 5.94. The minimum Gasteiger partial charge on any atom is -0.323 e. The molecule has 0 aliphatic carbocycles. The molecule has 120 valence electrons. The smallest absolute Gasteiger partial charge is 0.224 e. The first-order chi connectivity index (χ1) is 11.3. The van der Waals surface area contributed by atoms with Gasteiger partial charge in [0.2, 0.25) is 5.91 Å². The van der Waals surface area contributed by atoms with Gasteiger partial charge in [-0.2, -0.15) is 0 Å². The lowest BCUT2D eigenvalue weighted by atomic mass is 9.93. The maximum Gasteiger partial charge on any atom is 0.224 e. The second-order valence-electron chi connectivity index (χ2n) is 5.94. The lowest BCUT2D eigenvalue weighted by Crippen LogP contribution is -2.28. The number of benzene rings is 1. The van der Waals surface area contributed by atoms with Gasteiger partial charge in [0.25, 0.3) is 0 Å². The minimum atomic E-state index is 0.0413. The summed E-state index contributed by atoms with van der Waals surface area (Å²) in [6.45, 7) is 2.14. The van der Waals surface area contributed by atoms with E-state index in [1.165, 1.54) is 12.8 Å². The zero-order valence-electron chi connectivity index (χ0n) is 13.2. The molecule has 1 saturated heterocycles. The van der Waals surface area contributed by atoms with Crippen molar-refractivity contribution in [2.24, 2.45) is 5.92 Å². The number of anilines is 1. The Hall–Kier alpha value is -2.27. The fraction of sp³-hybridized carbons (Fsp3) is 0.389. The molecule has 0 atom stereocenters. The van der Waals surface area contributed by atoms with Crippen molar-refractivity contribution in [3.8, 4) is 11.4 Å². The predicted octanol–water partition coefficient (Wildman–Crippen LogP) is 2.86. The third-order valence-corrected chi connectivity index (χ3v) is 4.21. The van der Waals surface area contributed by atoms with Crippen LogP contribution < -0.4 is 10.6 Å². The normalized spacial score (nSPS) is 15.3. The summed E-state index contributed by atoms with van der Waals surface area (Å²) < 4.78 is 0. The van der Waals surface area contributed by atoms with E-state index in [0.717, 1.165) is 25.1 Å². The van der Waals surface area contributed by atoms with Crippen LogP contribution in [0, 0.1) is 5.92 Å². The van der Waals surface area contributed by atoms with E-state index in [1.54, 1.807) is 12.4 Å². The van der Waals surface area contributed by atoms with Crippen molar-refractivity contribution >= 4 is 11.6 Å². The molecule has 0 saturated carbocycles. The van der Waals surface area contributed by atoms with E-state index in [1.807, 2.05) is 30.3 Å². The van der Waals surface area contributed by atoms with E-state index in [2.05, 4.69) is 20.6 Å². The Morgan fingerprint density at radius 3 is 2.52 bits per heavy atom. The molecule has 1 fully saturated rings. The van der Waals surface area contributed by atoms with E-state index in [-0.39, 0.29) is 5.91 Å². The molecule has 0 spiro atoms. The number of aromatic nitrogens is 2. The van der Waals surface area contributed by atoms with Crippen LogP contribution in [0.5, 0.6) is 0 Å². The Morgan fingerprint density at radius 1 is 1.13 bits per heavy atom. The molecule has 0 radical (unpaired) electrons. The first-order valence-electron chi connectivity index (χ1n) is 8.19. The van der Waals surface area contributed by atoms with Gasteiger partial charge in [0.05, 0.1) is 18.1 Å². The van der Waals surface area contributed by atoms with Gasteiger partial charge in [-0.05, 0) is 38.3 Å². The molecule has 3 rings (SSSR count). The summed E-state index contributed by atoms with van der Waals surface area (Å²) in [7, 11) is 0. The predicted molar refractivity (Wildman–Crippen MR) is 90.9 cm³/mol. The highest BCUT2D eigenvalue weighted by Gasteiger charge is 2.14. The number of carbonyl (C=O) groups excluding carboxylic acids is 1. The maximum atomic E-state index is 12.0. The fourth-order valence-corrected chi connectivity index (χ4v) is 2.86. The number of amides is 1. The molecule has 2 heterocycles. The summed E-state index contributed by atoms with van der Waals surface area (Å²) in [5.74, 6) is 1.37. The molecule has 5 nitrogen and oxygen atoms in total. The number of rotatable bonds is 5. The average molecular weight is 310 g/mol. The SMILES string of the molecule is O=C(CCC1CCNCC1)Nc1cnc(-c2ccccc2)nc1. The van der Waals surface area contributed by atoms with Crippen molar-refractivity contribution in [2.75, 3.05) is 18.4 Å². The van der Waals surface area contributed by atoms with Crippen molar-refractivity contribution in [2.45, 2.75) is 25.7 Å². The van der Waals surface area contributed by atoms with E-state index in [4.69, 9.17) is 0 Å². The number of nitrogens with zero attached hydrogens (tertiary/aromatic N) is 2. The molecule has 2 N–H and O–H groups in total. The van der Waals surface area contributed by atoms with Crippen LogP contribution in [0.15, 0.2) is 42.7 Å². The minimum absolute atomic E-state index is 0.0413. The van der Waals surface area contributed by atoms with Crippen LogP contribution in [0.1, 0.15) is 25.7 Å². The van der Waals surface area contributed by atoms with Gasteiger partial charge in [0.1, 0.15) is 0 Å². The zero-order chi connectivity index (χ0) is 15.9. The van der Waals surface area contributed by atoms with Crippen molar-refractivity contribution in [3.05, 3.63) is 42.7 Å². The van der Waals surface area contributed by atoms with Gasteiger partial charge in [-0.15, -0.1) is 0 Å². The topological polar surface area (TPSA) is 66.9 Å². The van der Waals surface area contributed by atoms with Crippen molar-refractivity contribution in [1.29, 1.82) is 0 Å². The molecule has 1 aliphatic rings. The van der Waals surface area contributed by atoms with Crippen molar-refractivity contribution in [3.63, 3.8) is 0 Å². The third kappa shape index (κ3) is 4.60. The van der Waals surface area contributed by atoms with Crippen molar-refractivity contribution in [1.82, 2.24) is 15.3 Å². The van der Waals surface area contributed by atoms with E-state index in [9.17, 15) is 4.79 Å². The Labute approximate surface area is 136 Å². The monoisotopic (exact) mass is 310 g/mol. The van der Waals surface area contributed by atoms with Crippen LogP contribution in [-0.4, -0.2) is 29.0 Å². The molecule has 2 aromatic rings. The summed E-state index contributed by atoms with van der Waals surface area (Å²) in [5, 5.41) is 6.22. The van der Waals surface area contributed by atoms with Crippen molar-refractivity contribution < 1.29 is 4.79 Å². The standard InChI is InChI=1S/C18H22N4O/c23-17(7-6-14-8-10-19-11-9-14)22-16-12-20-18(21-13-16)15-4-2-1-3-5-15/h1-5,12-14,19H,6-11H2,(H,22,23). The van der Waals surface area contributed by atoms with Crippen LogP contribution in [-0.2, 0) is 4.79 Å². The molecule has 1 aromatic heterocycles. The molecular formula is C18H22N4O. The Morgan fingerprint density at radius 2 is 1.83 bits per heavy atom. The molecular weight excluding hydrogens is 288 g/mol. The van der Waals surface area contributed by atoms with E-state index in [0.29, 0.717) is 23.9 Å². The summed E-state index contributed by atoms with van der Waals surface area (Å²) in [5.41, 5.74) is 1.62. The van der Waals surface area contributed by atoms with E-state index < -0.39 is 0 Å². The molecule has 0 bridgehead atoms. The Kier molecular flexibility index (Phi) is 5.32. The van der Waals surface area contributed by atoms with Gasteiger partial charge in [0.15, 0.2) is 5.82 Å². The largest absolute Gasteiger partial charge is 0.323 e.